The van der Waals surface area contributed by atoms with Gasteiger partial charge in [0, 0.05) is 27.0 Å². The molecule has 0 N–H and O–H groups in total. The van der Waals surface area contributed by atoms with Crippen LogP contribution in [0.3, 0.4) is 0 Å². The molecule has 1 aromatic heterocycles. The summed E-state index contributed by atoms with van der Waals surface area (Å²) in [5, 5.41) is 10.3. The first-order valence-electron chi connectivity index (χ1n) is 17.9. The zero-order chi connectivity index (χ0) is 32.8. The molecule has 7 aromatic rings. The molecule has 0 spiro atoms. The summed E-state index contributed by atoms with van der Waals surface area (Å²) in [6.45, 7) is 0. The van der Waals surface area contributed by atoms with Gasteiger partial charge in [-0.15, -0.1) is 0 Å². The standard InChI is InChI=1S/C48H34OS/c1-2-10-29(11-3-1)30-18-20-31(21-19-30)46-35-13-4-6-15-37(35)47(38-16-7-5-14-36(38)46)33-23-25-44-41(26-33)42-28-40-32(27-45(42)50-44)22-24-39-34-12-8-9-17-43(34)49-48(39)40/h1-2,4-10,12-18,20,22-25,27-28,41H,3,11,19,21,26H2. The molecular weight excluding hydrogens is 625 g/mol. The number of allylic oxidation sites excluding steroid dienone is 12. The summed E-state index contributed by atoms with van der Waals surface area (Å²) in [5.74, 6) is 0.338. The summed E-state index contributed by atoms with van der Waals surface area (Å²) in [4.78, 5) is 2.82. The molecule has 0 saturated heterocycles. The van der Waals surface area contributed by atoms with Crippen molar-refractivity contribution in [2.45, 2.75) is 42.9 Å². The largest absolute Gasteiger partial charge is 0.455 e. The Balaban J connectivity index is 1.04. The van der Waals surface area contributed by atoms with Crippen molar-refractivity contribution in [2.24, 2.45) is 0 Å². The molecule has 2 heterocycles. The lowest BCUT2D eigenvalue weighted by molar-refractivity contribution is 0.672. The number of benzene rings is 6. The third-order valence-electron chi connectivity index (χ3n) is 11.5. The maximum absolute atomic E-state index is 6.50. The molecule has 0 radical (unpaired) electrons. The fourth-order valence-corrected chi connectivity index (χ4v) is 10.3. The maximum atomic E-state index is 6.50. The van der Waals surface area contributed by atoms with Crippen LogP contribution in [0.5, 0.6) is 0 Å². The van der Waals surface area contributed by atoms with Crippen LogP contribution in [0, 0.1) is 0 Å². The normalized spacial score (nSPS) is 18.6. The molecule has 2 heteroatoms. The predicted octanol–water partition coefficient (Wildman–Crippen LogP) is 14.0. The van der Waals surface area contributed by atoms with E-state index in [9.17, 15) is 0 Å². The van der Waals surface area contributed by atoms with Gasteiger partial charge < -0.3 is 4.42 Å². The highest BCUT2D eigenvalue weighted by molar-refractivity contribution is 8.03. The van der Waals surface area contributed by atoms with Crippen molar-refractivity contribution >= 4 is 77.2 Å². The topological polar surface area (TPSA) is 13.1 Å². The van der Waals surface area contributed by atoms with Crippen LogP contribution in [-0.4, -0.2) is 0 Å². The van der Waals surface area contributed by atoms with Crippen LogP contribution < -0.4 is 0 Å². The molecule has 50 heavy (non-hydrogen) atoms. The summed E-state index contributed by atoms with van der Waals surface area (Å²) in [6, 6.07) is 36.0. The number of hydrogen-bond donors (Lipinski definition) is 0. The molecule has 1 nitrogen and oxygen atoms in total. The Hall–Kier alpha value is -5.31. The van der Waals surface area contributed by atoms with Gasteiger partial charge in [-0.25, -0.2) is 0 Å². The Morgan fingerprint density at radius 3 is 1.92 bits per heavy atom. The van der Waals surface area contributed by atoms with Gasteiger partial charge in [-0.05, 0) is 127 Å². The van der Waals surface area contributed by atoms with Crippen LogP contribution in [0.15, 0.2) is 165 Å². The van der Waals surface area contributed by atoms with Crippen molar-refractivity contribution in [3.63, 3.8) is 0 Å². The minimum atomic E-state index is 0.338. The second kappa shape index (κ2) is 11.1. The molecule has 0 fully saturated rings. The highest BCUT2D eigenvalue weighted by Gasteiger charge is 2.33. The monoisotopic (exact) mass is 658 g/mol. The fraction of sp³-hybridized carbons (Fsp3) is 0.125. The van der Waals surface area contributed by atoms with Crippen molar-refractivity contribution in [1.82, 2.24) is 0 Å². The van der Waals surface area contributed by atoms with Gasteiger partial charge in [0.15, 0.2) is 0 Å². The Labute approximate surface area is 295 Å². The minimum absolute atomic E-state index is 0.338. The van der Waals surface area contributed by atoms with Crippen molar-refractivity contribution in [2.75, 3.05) is 0 Å². The van der Waals surface area contributed by atoms with Crippen LogP contribution in [-0.2, 0) is 0 Å². The SMILES string of the molecule is C1=CCCC(C2=CC=C(c3c4ccccc4c(C4=CC=C5Sc6cc7ccc8c9ccccc9oc8c7cc6C5C4)c4ccccc34)CC2)=C1. The Kier molecular flexibility index (Phi) is 6.33. The quantitative estimate of drug-likeness (QED) is 0.175. The van der Waals surface area contributed by atoms with Gasteiger partial charge in [0.1, 0.15) is 11.2 Å². The minimum Gasteiger partial charge on any atom is -0.455 e. The third-order valence-corrected chi connectivity index (χ3v) is 12.7. The van der Waals surface area contributed by atoms with Crippen LogP contribution in [0.4, 0.5) is 0 Å². The van der Waals surface area contributed by atoms with Gasteiger partial charge >= 0.3 is 0 Å². The van der Waals surface area contributed by atoms with E-state index in [1.165, 1.54) is 91.9 Å². The van der Waals surface area contributed by atoms with E-state index in [1.54, 1.807) is 0 Å². The van der Waals surface area contributed by atoms with E-state index in [4.69, 9.17) is 4.42 Å². The maximum Gasteiger partial charge on any atom is 0.143 e. The molecule has 1 unspecified atom stereocenters. The van der Waals surface area contributed by atoms with E-state index in [0.717, 1.165) is 43.3 Å². The second-order valence-electron chi connectivity index (χ2n) is 14.2. The second-order valence-corrected chi connectivity index (χ2v) is 15.3. The molecule has 4 aliphatic rings. The number of furan rings is 1. The number of fused-ring (bicyclic) bond motifs is 10. The first kappa shape index (κ1) is 28.5. The van der Waals surface area contributed by atoms with Gasteiger partial charge in [0.2, 0.25) is 0 Å². The van der Waals surface area contributed by atoms with E-state index in [1.807, 2.05) is 11.8 Å². The number of hydrogen-bond acceptors (Lipinski definition) is 2. The molecule has 3 aliphatic carbocycles. The molecule has 11 rings (SSSR count). The van der Waals surface area contributed by atoms with Crippen molar-refractivity contribution < 1.29 is 4.42 Å². The van der Waals surface area contributed by atoms with E-state index < -0.39 is 0 Å². The van der Waals surface area contributed by atoms with E-state index >= 15 is 0 Å². The summed E-state index contributed by atoms with van der Waals surface area (Å²) in [5.41, 5.74) is 12.1. The average Bonchev–Trinajstić information content (AvgIpc) is 3.74. The van der Waals surface area contributed by atoms with Crippen LogP contribution in [0.1, 0.15) is 54.7 Å². The first-order chi connectivity index (χ1) is 24.8. The van der Waals surface area contributed by atoms with E-state index in [0.29, 0.717) is 5.92 Å². The van der Waals surface area contributed by atoms with Gasteiger partial charge in [-0.2, -0.15) is 0 Å². The van der Waals surface area contributed by atoms with Crippen molar-refractivity contribution in [1.29, 1.82) is 0 Å². The summed E-state index contributed by atoms with van der Waals surface area (Å²) >= 11 is 1.95. The van der Waals surface area contributed by atoms with E-state index in [2.05, 4.69) is 140 Å². The number of para-hydroxylation sites is 1. The van der Waals surface area contributed by atoms with Gasteiger partial charge in [0.05, 0.1) is 0 Å². The molecular formula is C48H34OS. The summed E-state index contributed by atoms with van der Waals surface area (Å²) in [7, 11) is 0. The highest BCUT2D eigenvalue weighted by Crippen LogP contribution is 2.56. The zero-order valence-corrected chi connectivity index (χ0v) is 28.5. The summed E-state index contributed by atoms with van der Waals surface area (Å²) < 4.78 is 6.50. The number of rotatable bonds is 3. The van der Waals surface area contributed by atoms with Crippen molar-refractivity contribution in [3.05, 3.63) is 172 Å². The first-order valence-corrected chi connectivity index (χ1v) is 18.8. The van der Waals surface area contributed by atoms with Crippen LogP contribution >= 0.6 is 11.8 Å². The average molecular weight is 659 g/mol. The molecule has 238 valence electrons. The smallest absolute Gasteiger partial charge is 0.143 e. The van der Waals surface area contributed by atoms with Crippen LogP contribution in [0.25, 0.3) is 65.4 Å². The Morgan fingerprint density at radius 1 is 0.540 bits per heavy atom. The zero-order valence-electron chi connectivity index (χ0n) is 27.7. The molecule has 0 bridgehead atoms. The molecule has 0 saturated carbocycles. The molecule has 6 aromatic carbocycles. The Bertz CT molecular complexity index is 2750. The third kappa shape index (κ3) is 4.28. The molecule has 1 atom stereocenters. The lowest BCUT2D eigenvalue weighted by Crippen LogP contribution is -2.04. The molecule has 0 amide bonds. The van der Waals surface area contributed by atoms with Gasteiger partial charge in [0.25, 0.3) is 0 Å². The van der Waals surface area contributed by atoms with Crippen molar-refractivity contribution in [3.8, 4) is 0 Å². The number of thioether (sulfide) groups is 1. The van der Waals surface area contributed by atoms with Gasteiger partial charge in [-0.3, -0.25) is 0 Å². The van der Waals surface area contributed by atoms with E-state index in [-0.39, 0.29) is 0 Å². The molecule has 1 aliphatic heterocycles. The predicted molar refractivity (Wildman–Crippen MR) is 214 cm³/mol. The lowest BCUT2D eigenvalue weighted by atomic mass is 9.79. The lowest BCUT2D eigenvalue weighted by Gasteiger charge is -2.25. The van der Waals surface area contributed by atoms with Crippen LogP contribution in [0.2, 0.25) is 0 Å². The summed E-state index contributed by atoms with van der Waals surface area (Å²) in [6.07, 6.45) is 21.9. The van der Waals surface area contributed by atoms with Gasteiger partial charge in [-0.1, -0.05) is 127 Å². The Morgan fingerprint density at radius 2 is 1.20 bits per heavy atom. The fourth-order valence-electron chi connectivity index (χ4n) is 9.08. The highest BCUT2D eigenvalue weighted by atomic mass is 32.2.